The van der Waals surface area contributed by atoms with Crippen molar-refractivity contribution in [3.63, 3.8) is 0 Å². The smallest absolute Gasteiger partial charge is 0.179 e. The molecule has 0 N–H and O–H groups in total. The maximum absolute atomic E-state index is 5.62. The van der Waals surface area contributed by atoms with Crippen molar-refractivity contribution in [3.05, 3.63) is 30.1 Å². The van der Waals surface area contributed by atoms with Crippen molar-refractivity contribution in [2.24, 2.45) is 0 Å². The second-order valence-corrected chi connectivity index (χ2v) is 6.67. The van der Waals surface area contributed by atoms with Gasteiger partial charge < -0.3 is 4.90 Å². The van der Waals surface area contributed by atoms with Crippen LogP contribution in [0.2, 0.25) is 0 Å². The Morgan fingerprint density at radius 1 is 0.957 bits per heavy atom. The Bertz CT molecular complexity index is 441. The molecule has 1 aromatic heterocycles. The van der Waals surface area contributed by atoms with Crippen LogP contribution < -0.4 is 4.57 Å². The highest BCUT2D eigenvalue weighted by molar-refractivity contribution is 7.80. The topological polar surface area (TPSA) is 7.12 Å². The molecule has 0 aliphatic carbocycles. The molecular weight excluding hydrogens is 300 g/mol. The third kappa shape index (κ3) is 7.92. The summed E-state index contributed by atoms with van der Waals surface area (Å²) in [5.74, 6) is 0. The van der Waals surface area contributed by atoms with E-state index in [9.17, 15) is 0 Å². The first-order chi connectivity index (χ1) is 11.2. The molecule has 0 saturated carbocycles. The number of hydrogen-bond donors (Lipinski definition) is 0. The third-order valence-electron chi connectivity index (χ3n) is 4.43. The van der Waals surface area contributed by atoms with Gasteiger partial charge in [-0.3, -0.25) is 0 Å². The molecule has 1 rings (SSSR count). The number of aryl methyl sites for hydroxylation is 1. The molecule has 0 atom stereocenters. The van der Waals surface area contributed by atoms with E-state index >= 15 is 0 Å². The van der Waals surface area contributed by atoms with Crippen LogP contribution in [-0.2, 0) is 6.54 Å². The fraction of sp³-hybridized carbons (Fsp3) is 0.700. The highest BCUT2D eigenvalue weighted by Gasteiger charge is 2.11. The van der Waals surface area contributed by atoms with Crippen LogP contribution in [-0.4, -0.2) is 23.0 Å². The normalized spacial score (nSPS) is 10.7. The summed E-state index contributed by atoms with van der Waals surface area (Å²) in [5.41, 5.74) is 1.17. The minimum atomic E-state index is 0.972. The summed E-state index contributed by atoms with van der Waals surface area (Å²) in [7, 11) is 0. The zero-order valence-corrected chi connectivity index (χ0v) is 16.2. The van der Waals surface area contributed by atoms with Crippen LogP contribution in [0.1, 0.15) is 77.7 Å². The Labute approximate surface area is 148 Å². The fourth-order valence-corrected chi connectivity index (χ4v) is 3.29. The first-order valence-corrected chi connectivity index (χ1v) is 9.92. The third-order valence-corrected chi connectivity index (χ3v) is 4.92. The maximum atomic E-state index is 5.62. The quantitative estimate of drug-likeness (QED) is 0.297. The first kappa shape index (κ1) is 20.1. The lowest BCUT2D eigenvalue weighted by molar-refractivity contribution is -0.697. The van der Waals surface area contributed by atoms with Crippen molar-refractivity contribution in [2.75, 3.05) is 13.1 Å². The van der Waals surface area contributed by atoms with E-state index in [-0.39, 0.29) is 0 Å². The van der Waals surface area contributed by atoms with E-state index < -0.39 is 0 Å². The van der Waals surface area contributed by atoms with E-state index in [2.05, 4.69) is 54.8 Å². The van der Waals surface area contributed by atoms with Crippen LogP contribution in [0.15, 0.2) is 24.5 Å². The van der Waals surface area contributed by atoms with Gasteiger partial charge in [-0.15, -0.1) is 0 Å². The van der Waals surface area contributed by atoms with Crippen LogP contribution in [0, 0.1) is 0 Å². The number of thiocarbonyl (C=S) groups is 1. The zero-order chi connectivity index (χ0) is 16.9. The molecule has 0 aliphatic rings. The van der Waals surface area contributed by atoms with E-state index in [1.807, 2.05) is 0 Å². The largest absolute Gasteiger partial charge is 0.363 e. The van der Waals surface area contributed by atoms with Gasteiger partial charge in [-0.1, -0.05) is 57.7 Å². The Hall–Kier alpha value is -0.960. The fourth-order valence-electron chi connectivity index (χ4n) is 2.91. The minimum absolute atomic E-state index is 0.972. The number of aromatic nitrogens is 1. The lowest BCUT2D eigenvalue weighted by atomic mass is 10.1. The maximum Gasteiger partial charge on any atom is 0.179 e. The van der Waals surface area contributed by atoms with Crippen molar-refractivity contribution < 1.29 is 4.57 Å². The number of hydrogen-bond acceptors (Lipinski definition) is 1. The molecule has 0 aromatic carbocycles. The first-order valence-electron chi connectivity index (χ1n) is 9.51. The molecule has 0 amide bonds. The van der Waals surface area contributed by atoms with Gasteiger partial charge in [0, 0.05) is 25.6 Å². The molecule has 0 spiro atoms. The van der Waals surface area contributed by atoms with Crippen LogP contribution in [0.3, 0.4) is 0 Å². The molecule has 0 bridgehead atoms. The molecule has 0 unspecified atom stereocenters. The monoisotopic (exact) mass is 335 g/mol. The molecule has 0 aliphatic heterocycles. The molecule has 1 aromatic rings. The summed E-state index contributed by atoms with van der Waals surface area (Å²) in [4.78, 5) is 3.21. The Balaban J connectivity index is 2.32. The summed E-state index contributed by atoms with van der Waals surface area (Å²) in [6.45, 7) is 9.64. The van der Waals surface area contributed by atoms with Crippen LogP contribution in [0.4, 0.5) is 0 Å². The van der Waals surface area contributed by atoms with Gasteiger partial charge >= 0.3 is 0 Å². The van der Waals surface area contributed by atoms with Gasteiger partial charge in [0.2, 0.25) is 0 Å². The summed E-state index contributed by atoms with van der Waals surface area (Å²) in [6, 6.07) is 4.25. The van der Waals surface area contributed by atoms with E-state index in [0.717, 1.165) is 24.6 Å². The van der Waals surface area contributed by atoms with E-state index in [4.69, 9.17) is 12.2 Å². The summed E-state index contributed by atoms with van der Waals surface area (Å²) in [5, 5.41) is 0. The average molecular weight is 336 g/mol. The molecule has 23 heavy (non-hydrogen) atoms. The van der Waals surface area contributed by atoms with Gasteiger partial charge in [0.1, 0.15) is 11.5 Å². The van der Waals surface area contributed by atoms with Gasteiger partial charge in [0.25, 0.3) is 0 Å². The van der Waals surface area contributed by atoms with Crippen LogP contribution in [0.25, 0.3) is 0 Å². The van der Waals surface area contributed by atoms with E-state index in [1.54, 1.807) is 0 Å². The van der Waals surface area contributed by atoms with Crippen molar-refractivity contribution in [2.45, 2.75) is 78.7 Å². The van der Waals surface area contributed by atoms with Gasteiger partial charge in [0.15, 0.2) is 12.4 Å². The van der Waals surface area contributed by atoms with Gasteiger partial charge in [0.05, 0.1) is 5.56 Å². The van der Waals surface area contributed by atoms with Crippen molar-refractivity contribution in [3.8, 4) is 0 Å². The average Bonchev–Trinajstić information content (AvgIpc) is 2.58. The summed E-state index contributed by atoms with van der Waals surface area (Å²) in [6.07, 6.45) is 15.3. The number of pyridine rings is 1. The van der Waals surface area contributed by atoms with Crippen molar-refractivity contribution >= 4 is 17.2 Å². The summed E-state index contributed by atoms with van der Waals surface area (Å²) < 4.78 is 2.29. The summed E-state index contributed by atoms with van der Waals surface area (Å²) >= 11 is 5.62. The molecule has 130 valence electrons. The molecule has 0 saturated heterocycles. The number of rotatable bonds is 12. The molecular formula is C20H35N2S+. The van der Waals surface area contributed by atoms with Crippen LogP contribution >= 0.6 is 12.2 Å². The second-order valence-electron chi connectivity index (χ2n) is 6.28. The molecule has 0 fully saturated rings. The van der Waals surface area contributed by atoms with Crippen LogP contribution in [0.5, 0.6) is 0 Å². The van der Waals surface area contributed by atoms with Gasteiger partial charge in [-0.05, 0) is 26.3 Å². The molecule has 1 heterocycles. The number of unbranched alkanes of at least 4 members (excludes halogenated alkanes) is 7. The zero-order valence-electron chi connectivity index (χ0n) is 15.4. The van der Waals surface area contributed by atoms with Gasteiger partial charge in [-0.25, -0.2) is 4.57 Å². The Morgan fingerprint density at radius 2 is 1.57 bits per heavy atom. The predicted octanol–water partition coefficient (Wildman–Crippen LogP) is 5.13. The highest BCUT2D eigenvalue weighted by Crippen LogP contribution is 2.08. The highest BCUT2D eigenvalue weighted by atomic mass is 32.1. The predicted molar refractivity (Wildman–Crippen MR) is 104 cm³/mol. The SMILES string of the molecule is CCCCCCCCCC[n+]1cccc(C(=S)N(CC)CC)c1. The second kappa shape index (κ2) is 12.5. The van der Waals surface area contributed by atoms with Crippen molar-refractivity contribution in [1.29, 1.82) is 0 Å². The van der Waals surface area contributed by atoms with E-state index in [0.29, 0.717) is 0 Å². The Kier molecular flexibility index (Phi) is 10.9. The lowest BCUT2D eigenvalue weighted by Gasteiger charge is -2.20. The van der Waals surface area contributed by atoms with E-state index in [1.165, 1.54) is 56.9 Å². The molecule has 2 nitrogen and oxygen atoms in total. The van der Waals surface area contributed by atoms with Crippen molar-refractivity contribution in [1.82, 2.24) is 4.90 Å². The van der Waals surface area contributed by atoms with Gasteiger partial charge in [-0.2, -0.15) is 0 Å². The molecule has 0 radical (unpaired) electrons. The number of nitrogens with zero attached hydrogens (tertiary/aromatic N) is 2. The lowest BCUT2D eigenvalue weighted by Crippen LogP contribution is -2.36. The Morgan fingerprint density at radius 3 is 2.17 bits per heavy atom. The molecule has 3 heteroatoms. The minimum Gasteiger partial charge on any atom is -0.363 e. The standard InChI is InChI=1S/C20H35N2S/c1-4-7-8-9-10-11-12-13-16-21-17-14-15-19(18-21)20(23)22(5-2)6-3/h14-15,17-18H,4-13,16H2,1-3H3/q+1.